The second-order valence-corrected chi connectivity index (χ2v) is 3.65. The van der Waals surface area contributed by atoms with Gasteiger partial charge in [-0.15, -0.1) is 10.2 Å². The summed E-state index contributed by atoms with van der Waals surface area (Å²) in [4.78, 5) is 0. The minimum absolute atomic E-state index is 0.184. The Hall–Kier alpha value is -0.610. The predicted octanol–water partition coefficient (Wildman–Crippen LogP) is 2.09. The molecule has 5 heteroatoms. The molecule has 80 valence electrons. The van der Waals surface area contributed by atoms with Crippen molar-refractivity contribution in [3.05, 3.63) is 11.1 Å². The third-order valence-corrected chi connectivity index (χ3v) is 2.30. The van der Waals surface area contributed by atoms with E-state index in [0.29, 0.717) is 11.9 Å². The molecule has 14 heavy (non-hydrogen) atoms. The van der Waals surface area contributed by atoms with E-state index in [1.807, 2.05) is 11.5 Å². The first-order valence-corrected chi connectivity index (χ1v) is 5.16. The van der Waals surface area contributed by atoms with E-state index in [4.69, 9.17) is 16.3 Å². The highest BCUT2D eigenvalue weighted by molar-refractivity contribution is 6.28. The van der Waals surface area contributed by atoms with Gasteiger partial charge in [0.25, 0.3) is 0 Å². The molecule has 1 rings (SSSR count). The number of halogens is 1. The standard InChI is InChI=1S/C9H16ClN3O/c1-4-5-8-11-12-9(10)13(8)7(2)6-14-3/h7H,4-6H2,1-3H3. The van der Waals surface area contributed by atoms with Crippen LogP contribution in [0.5, 0.6) is 0 Å². The summed E-state index contributed by atoms with van der Waals surface area (Å²) in [6.45, 7) is 4.76. The van der Waals surface area contributed by atoms with Crippen LogP contribution in [-0.2, 0) is 11.2 Å². The molecule has 0 radical (unpaired) electrons. The highest BCUT2D eigenvalue weighted by Crippen LogP contribution is 2.17. The van der Waals surface area contributed by atoms with E-state index in [1.165, 1.54) is 0 Å². The summed E-state index contributed by atoms with van der Waals surface area (Å²) in [6, 6.07) is 0.184. The lowest BCUT2D eigenvalue weighted by Gasteiger charge is -2.14. The van der Waals surface area contributed by atoms with Crippen LogP contribution in [0.3, 0.4) is 0 Å². The Bertz CT molecular complexity index is 288. The van der Waals surface area contributed by atoms with Gasteiger partial charge in [0.05, 0.1) is 12.6 Å². The molecule has 4 nitrogen and oxygen atoms in total. The fourth-order valence-electron chi connectivity index (χ4n) is 1.45. The summed E-state index contributed by atoms with van der Waals surface area (Å²) < 4.78 is 7.01. The molecule has 1 aromatic heterocycles. The van der Waals surface area contributed by atoms with Crippen LogP contribution in [0.25, 0.3) is 0 Å². The molecule has 0 amide bonds. The molecule has 1 atom stereocenters. The molecule has 0 aliphatic carbocycles. The topological polar surface area (TPSA) is 39.9 Å². The van der Waals surface area contributed by atoms with E-state index < -0.39 is 0 Å². The quantitative estimate of drug-likeness (QED) is 0.758. The lowest BCUT2D eigenvalue weighted by Crippen LogP contribution is -2.14. The molecular weight excluding hydrogens is 202 g/mol. The normalized spacial score (nSPS) is 13.1. The summed E-state index contributed by atoms with van der Waals surface area (Å²) in [5.41, 5.74) is 0. The number of methoxy groups -OCH3 is 1. The zero-order chi connectivity index (χ0) is 10.6. The number of ether oxygens (including phenoxy) is 1. The Morgan fingerprint density at radius 1 is 1.50 bits per heavy atom. The van der Waals surface area contributed by atoms with E-state index in [1.54, 1.807) is 7.11 Å². The Kier molecular flexibility index (Phi) is 4.35. The lowest BCUT2D eigenvalue weighted by molar-refractivity contribution is 0.161. The van der Waals surface area contributed by atoms with Gasteiger partial charge in [-0.1, -0.05) is 6.92 Å². The average molecular weight is 218 g/mol. The van der Waals surface area contributed by atoms with Gasteiger partial charge in [-0.25, -0.2) is 0 Å². The minimum Gasteiger partial charge on any atom is -0.383 e. The number of aromatic nitrogens is 3. The Balaban J connectivity index is 2.86. The van der Waals surface area contributed by atoms with Crippen molar-refractivity contribution in [2.75, 3.05) is 13.7 Å². The molecule has 0 N–H and O–H groups in total. The van der Waals surface area contributed by atoms with Gasteiger partial charge in [0.1, 0.15) is 5.82 Å². The summed E-state index contributed by atoms with van der Waals surface area (Å²) in [5, 5.41) is 8.34. The van der Waals surface area contributed by atoms with E-state index in [2.05, 4.69) is 17.1 Å². The Labute approximate surface area is 89.2 Å². The summed E-state index contributed by atoms with van der Waals surface area (Å²) in [6.07, 6.45) is 1.93. The molecule has 0 saturated carbocycles. The van der Waals surface area contributed by atoms with Crippen molar-refractivity contribution in [2.24, 2.45) is 0 Å². The first-order valence-electron chi connectivity index (χ1n) is 4.78. The van der Waals surface area contributed by atoms with Gasteiger partial charge < -0.3 is 4.74 Å². The molecule has 1 unspecified atom stereocenters. The van der Waals surface area contributed by atoms with Gasteiger partial charge in [0.2, 0.25) is 5.28 Å². The lowest BCUT2D eigenvalue weighted by atomic mass is 10.3. The van der Waals surface area contributed by atoms with E-state index in [0.717, 1.165) is 18.7 Å². The highest BCUT2D eigenvalue weighted by atomic mass is 35.5. The first-order chi connectivity index (χ1) is 6.70. The third kappa shape index (κ3) is 2.45. The molecule has 0 aromatic carbocycles. The fraction of sp³-hybridized carbons (Fsp3) is 0.778. The third-order valence-electron chi connectivity index (χ3n) is 2.05. The smallest absolute Gasteiger partial charge is 0.225 e. The zero-order valence-electron chi connectivity index (χ0n) is 8.83. The van der Waals surface area contributed by atoms with Crippen LogP contribution >= 0.6 is 11.6 Å². The van der Waals surface area contributed by atoms with Crippen LogP contribution in [0.15, 0.2) is 0 Å². The SMILES string of the molecule is CCCc1nnc(Cl)n1C(C)COC. The first kappa shape index (κ1) is 11.5. The number of nitrogens with zero attached hydrogens (tertiary/aromatic N) is 3. The Morgan fingerprint density at radius 3 is 2.79 bits per heavy atom. The van der Waals surface area contributed by atoms with Gasteiger partial charge in [0.15, 0.2) is 0 Å². The largest absolute Gasteiger partial charge is 0.383 e. The molecule has 0 aliphatic heterocycles. The van der Waals surface area contributed by atoms with Crippen LogP contribution in [-0.4, -0.2) is 28.5 Å². The van der Waals surface area contributed by atoms with E-state index in [-0.39, 0.29) is 6.04 Å². The fourth-order valence-corrected chi connectivity index (χ4v) is 1.75. The van der Waals surface area contributed by atoms with Crippen molar-refractivity contribution in [2.45, 2.75) is 32.7 Å². The number of rotatable bonds is 5. The summed E-state index contributed by atoms with van der Waals surface area (Å²) >= 11 is 5.95. The zero-order valence-corrected chi connectivity index (χ0v) is 9.58. The number of aryl methyl sites for hydroxylation is 1. The van der Waals surface area contributed by atoms with E-state index in [9.17, 15) is 0 Å². The van der Waals surface area contributed by atoms with Gasteiger partial charge >= 0.3 is 0 Å². The highest BCUT2D eigenvalue weighted by Gasteiger charge is 2.14. The molecule has 1 heterocycles. The van der Waals surface area contributed by atoms with Crippen LogP contribution in [0, 0.1) is 0 Å². The molecular formula is C9H16ClN3O. The maximum atomic E-state index is 5.95. The molecule has 1 aromatic rings. The second-order valence-electron chi connectivity index (χ2n) is 3.31. The van der Waals surface area contributed by atoms with Crippen molar-refractivity contribution in [1.29, 1.82) is 0 Å². The van der Waals surface area contributed by atoms with Gasteiger partial charge in [-0.05, 0) is 24.9 Å². The average Bonchev–Trinajstić information content (AvgIpc) is 2.48. The van der Waals surface area contributed by atoms with Crippen molar-refractivity contribution in [3.8, 4) is 0 Å². The summed E-state index contributed by atoms with van der Waals surface area (Å²) in [7, 11) is 1.67. The van der Waals surface area contributed by atoms with Crippen LogP contribution in [0.1, 0.15) is 32.1 Å². The number of hydrogen-bond donors (Lipinski definition) is 0. The van der Waals surface area contributed by atoms with E-state index >= 15 is 0 Å². The van der Waals surface area contributed by atoms with Crippen molar-refractivity contribution < 1.29 is 4.74 Å². The molecule has 0 saturated heterocycles. The molecule has 0 bridgehead atoms. The van der Waals surface area contributed by atoms with Crippen molar-refractivity contribution in [3.63, 3.8) is 0 Å². The van der Waals surface area contributed by atoms with Crippen molar-refractivity contribution >= 4 is 11.6 Å². The summed E-state index contributed by atoms with van der Waals surface area (Å²) in [5.74, 6) is 0.932. The van der Waals surface area contributed by atoms with Crippen LogP contribution in [0.4, 0.5) is 0 Å². The maximum absolute atomic E-state index is 5.95. The number of hydrogen-bond acceptors (Lipinski definition) is 3. The van der Waals surface area contributed by atoms with Crippen molar-refractivity contribution in [1.82, 2.24) is 14.8 Å². The van der Waals surface area contributed by atoms with Gasteiger partial charge in [-0.2, -0.15) is 0 Å². The van der Waals surface area contributed by atoms with Crippen LogP contribution < -0.4 is 0 Å². The van der Waals surface area contributed by atoms with Gasteiger partial charge in [-0.3, -0.25) is 4.57 Å². The molecule has 0 fully saturated rings. The predicted molar refractivity (Wildman–Crippen MR) is 55.6 cm³/mol. The maximum Gasteiger partial charge on any atom is 0.225 e. The molecule has 0 aliphatic rings. The monoisotopic (exact) mass is 217 g/mol. The second kappa shape index (κ2) is 5.32. The van der Waals surface area contributed by atoms with Crippen LogP contribution in [0.2, 0.25) is 5.28 Å². The molecule has 0 spiro atoms. The minimum atomic E-state index is 0.184. The Morgan fingerprint density at radius 2 is 2.21 bits per heavy atom. The van der Waals surface area contributed by atoms with Gasteiger partial charge in [0, 0.05) is 13.5 Å².